The molecule has 6 atom stereocenters. The van der Waals surface area contributed by atoms with E-state index in [1.165, 1.54) is 21.4 Å². The number of piperazine rings is 1. The Hall–Kier alpha value is -3.98. The highest BCUT2D eigenvalue weighted by Gasteiger charge is 2.53. The van der Waals surface area contributed by atoms with Gasteiger partial charge >= 0.3 is 0 Å². The van der Waals surface area contributed by atoms with Crippen LogP contribution in [-0.2, 0) is 37.4 Å². The number of carbonyl (C=O) groups is 4. The molecular weight excluding hydrogens is 566 g/mol. The molecule has 0 unspecified atom stereocenters. The number of piperidine rings is 1. The number of likely N-dealkylation sites (tertiary alicyclic amines) is 1. The summed E-state index contributed by atoms with van der Waals surface area (Å²) in [6, 6.07) is 13.7. The van der Waals surface area contributed by atoms with Crippen molar-refractivity contribution in [1.29, 1.82) is 0 Å². The van der Waals surface area contributed by atoms with E-state index in [4.69, 9.17) is 0 Å². The van der Waals surface area contributed by atoms with Crippen molar-refractivity contribution in [2.45, 2.75) is 82.5 Å². The molecule has 2 N–H and O–H groups in total. The lowest BCUT2D eigenvalue weighted by Gasteiger charge is -2.52. The molecule has 1 aromatic heterocycles. The average Bonchev–Trinajstić information content (AvgIpc) is 3.68. The maximum atomic E-state index is 14.4. The molecule has 0 spiro atoms. The first-order valence-electron chi connectivity index (χ1n) is 16.4. The number of imide groups is 1. The highest BCUT2D eigenvalue weighted by Crippen LogP contribution is 2.48. The number of hydrogen-bond acceptors (Lipinski definition) is 5. The summed E-state index contributed by atoms with van der Waals surface area (Å²) in [5.74, 6) is -1.81. The molecule has 3 saturated heterocycles. The van der Waals surface area contributed by atoms with E-state index < -0.39 is 24.0 Å². The van der Waals surface area contributed by atoms with Crippen molar-refractivity contribution in [3.05, 3.63) is 71.4 Å². The number of carbonyl (C=O) groups excluding carboxylic acids is 4. The zero-order valence-corrected chi connectivity index (χ0v) is 26.6. The summed E-state index contributed by atoms with van der Waals surface area (Å²) in [6.45, 7) is 7.14. The number of aromatic nitrogens is 1. The van der Waals surface area contributed by atoms with Crippen LogP contribution in [0.15, 0.2) is 54.7 Å². The molecule has 3 aromatic rings. The zero-order valence-electron chi connectivity index (χ0n) is 26.6. The third-order valence-electron chi connectivity index (χ3n) is 11.0. The Morgan fingerprint density at radius 3 is 2.60 bits per heavy atom. The maximum absolute atomic E-state index is 14.4. The standard InChI is InChI=1S/C36H43N5O4/c1-21(2)31(35(45)41-28(16-22-10-6-5-7-11-22)33(43)40-15-9-14-27(40)34(41)44)38-32(42)24-18-36(3)25-12-8-13-26-30(25)23(19-37-26)17-29(36)39(4)20-24/h5-8,10-13,19,21,24,27-29,31,37H,9,14-18,20H2,1-4H3,(H,38,42)/t24-,27+,28+,29-,31+,36-/m1/s1. The first kappa shape index (κ1) is 29.7. The number of hydrogen-bond donors (Lipinski definition) is 2. The highest BCUT2D eigenvalue weighted by atomic mass is 16.2. The molecular formula is C36H43N5O4. The Labute approximate surface area is 264 Å². The Morgan fingerprint density at radius 1 is 1.07 bits per heavy atom. The fourth-order valence-corrected chi connectivity index (χ4v) is 8.74. The van der Waals surface area contributed by atoms with Crippen LogP contribution in [-0.4, -0.2) is 87.6 Å². The molecule has 3 aliphatic heterocycles. The van der Waals surface area contributed by atoms with Crippen molar-refractivity contribution in [1.82, 2.24) is 25.0 Å². The Kier molecular flexibility index (Phi) is 7.34. The molecule has 0 radical (unpaired) electrons. The summed E-state index contributed by atoms with van der Waals surface area (Å²) in [5.41, 5.74) is 4.33. The van der Waals surface area contributed by atoms with E-state index in [1.807, 2.05) is 44.2 Å². The lowest BCUT2D eigenvalue weighted by molar-refractivity contribution is -0.167. The molecule has 3 fully saturated rings. The third-order valence-corrected chi connectivity index (χ3v) is 11.0. The predicted octanol–water partition coefficient (Wildman–Crippen LogP) is 3.41. The van der Waals surface area contributed by atoms with Gasteiger partial charge in [0, 0.05) is 48.1 Å². The maximum Gasteiger partial charge on any atom is 0.252 e. The number of rotatable bonds is 6. The van der Waals surface area contributed by atoms with Gasteiger partial charge in [-0.05, 0) is 61.4 Å². The van der Waals surface area contributed by atoms with Gasteiger partial charge in [0.05, 0.1) is 5.92 Å². The van der Waals surface area contributed by atoms with Gasteiger partial charge in [-0.1, -0.05) is 63.2 Å². The first-order valence-corrected chi connectivity index (χ1v) is 16.4. The summed E-state index contributed by atoms with van der Waals surface area (Å²) < 4.78 is 0. The van der Waals surface area contributed by atoms with E-state index >= 15 is 0 Å². The first-order chi connectivity index (χ1) is 21.6. The van der Waals surface area contributed by atoms with E-state index in [-0.39, 0.29) is 47.4 Å². The quantitative estimate of drug-likeness (QED) is 0.446. The molecule has 236 valence electrons. The Balaban J connectivity index is 1.16. The van der Waals surface area contributed by atoms with Gasteiger partial charge in [-0.3, -0.25) is 24.1 Å². The fourth-order valence-electron chi connectivity index (χ4n) is 8.74. The number of nitrogens with one attached hydrogen (secondary N) is 2. The van der Waals surface area contributed by atoms with Crippen LogP contribution in [0.1, 0.15) is 56.7 Å². The van der Waals surface area contributed by atoms with Crippen LogP contribution < -0.4 is 5.32 Å². The van der Waals surface area contributed by atoms with Gasteiger partial charge in [-0.2, -0.15) is 0 Å². The summed E-state index contributed by atoms with van der Waals surface area (Å²) in [4.78, 5) is 64.8. The molecule has 2 aromatic carbocycles. The van der Waals surface area contributed by atoms with Gasteiger partial charge in [-0.15, -0.1) is 0 Å². The van der Waals surface area contributed by atoms with Crippen LogP contribution in [0.4, 0.5) is 0 Å². The van der Waals surface area contributed by atoms with Gasteiger partial charge in [0.1, 0.15) is 18.1 Å². The minimum atomic E-state index is -0.932. The minimum absolute atomic E-state index is 0.182. The number of amides is 4. The second-order valence-electron chi connectivity index (χ2n) is 14.2. The smallest absolute Gasteiger partial charge is 0.252 e. The number of aromatic amines is 1. The Morgan fingerprint density at radius 2 is 1.84 bits per heavy atom. The van der Waals surface area contributed by atoms with E-state index in [0.717, 1.165) is 23.9 Å². The number of H-pyrrole nitrogens is 1. The van der Waals surface area contributed by atoms with Crippen molar-refractivity contribution >= 4 is 34.5 Å². The molecule has 4 amide bonds. The lowest BCUT2D eigenvalue weighted by atomic mass is 9.62. The predicted molar refractivity (Wildman–Crippen MR) is 171 cm³/mol. The van der Waals surface area contributed by atoms with Gasteiger partial charge in [0.2, 0.25) is 11.8 Å². The number of fused-ring (bicyclic) bond motifs is 3. The molecule has 45 heavy (non-hydrogen) atoms. The van der Waals surface area contributed by atoms with Crippen LogP contribution in [0.3, 0.4) is 0 Å². The minimum Gasteiger partial charge on any atom is -0.361 e. The molecule has 0 bridgehead atoms. The summed E-state index contributed by atoms with van der Waals surface area (Å²) in [7, 11) is 2.09. The average molecular weight is 610 g/mol. The van der Waals surface area contributed by atoms with E-state index in [0.29, 0.717) is 25.9 Å². The monoisotopic (exact) mass is 609 g/mol. The van der Waals surface area contributed by atoms with Crippen molar-refractivity contribution in [2.75, 3.05) is 20.1 Å². The van der Waals surface area contributed by atoms with E-state index in [1.54, 1.807) is 4.90 Å². The summed E-state index contributed by atoms with van der Waals surface area (Å²) in [6.07, 6.45) is 5.22. The molecule has 1 aliphatic carbocycles. The topological polar surface area (TPSA) is 106 Å². The van der Waals surface area contributed by atoms with Crippen LogP contribution in [0.2, 0.25) is 0 Å². The molecule has 9 heteroatoms. The van der Waals surface area contributed by atoms with Gasteiger partial charge < -0.3 is 20.1 Å². The molecule has 7 rings (SSSR count). The highest BCUT2D eigenvalue weighted by molar-refractivity contribution is 6.09. The zero-order chi connectivity index (χ0) is 31.6. The van der Waals surface area contributed by atoms with Crippen molar-refractivity contribution in [3.63, 3.8) is 0 Å². The third kappa shape index (κ3) is 4.78. The number of nitrogens with zero attached hydrogens (tertiary/aromatic N) is 3. The van der Waals surface area contributed by atoms with E-state index in [9.17, 15) is 19.2 Å². The van der Waals surface area contributed by atoms with Gasteiger partial charge in [0.25, 0.3) is 11.8 Å². The van der Waals surface area contributed by atoms with Crippen LogP contribution >= 0.6 is 0 Å². The van der Waals surface area contributed by atoms with Crippen LogP contribution in [0, 0.1) is 11.8 Å². The second-order valence-corrected chi connectivity index (χ2v) is 14.2. The lowest BCUT2D eigenvalue weighted by Crippen LogP contribution is -2.68. The van der Waals surface area contributed by atoms with Crippen molar-refractivity contribution < 1.29 is 19.2 Å². The normalized spacial score (nSPS) is 28.7. The van der Waals surface area contributed by atoms with Crippen molar-refractivity contribution in [2.24, 2.45) is 11.8 Å². The van der Waals surface area contributed by atoms with Crippen molar-refractivity contribution in [3.8, 4) is 0 Å². The summed E-state index contributed by atoms with van der Waals surface area (Å²) in [5, 5.41) is 4.36. The van der Waals surface area contributed by atoms with Gasteiger partial charge in [-0.25, -0.2) is 0 Å². The molecule has 4 aliphatic rings. The number of benzene rings is 2. The number of likely N-dealkylation sites (N-methyl/N-ethyl adjacent to an activating group) is 1. The van der Waals surface area contributed by atoms with Crippen LogP contribution in [0.5, 0.6) is 0 Å². The second kappa shape index (κ2) is 11.1. The fraction of sp³-hybridized carbons (Fsp3) is 0.500. The molecule has 0 saturated carbocycles. The largest absolute Gasteiger partial charge is 0.361 e. The summed E-state index contributed by atoms with van der Waals surface area (Å²) >= 11 is 0. The van der Waals surface area contributed by atoms with E-state index in [2.05, 4.69) is 53.6 Å². The molecule has 4 heterocycles. The van der Waals surface area contributed by atoms with Gasteiger partial charge in [0.15, 0.2) is 0 Å². The Bertz CT molecular complexity index is 1670. The SMILES string of the molecule is CC(C)[C@H](NC(=O)[C@H]1CN(C)[C@@H]2Cc3c[nH]c4cccc(c34)[C@@]2(C)C1)C(=O)N1C(=O)[C@@H]2CCCN2C(=O)[C@@H]1Cc1ccccc1. The van der Waals surface area contributed by atoms with Crippen LogP contribution in [0.25, 0.3) is 10.9 Å². The molecule has 9 nitrogen and oxygen atoms in total.